The molecule has 0 bridgehead atoms. The van der Waals surface area contributed by atoms with Crippen LogP contribution in [0.15, 0.2) is 40.9 Å². The maximum Gasteiger partial charge on any atom is 0.289 e. The molecule has 5 amide bonds. The molecule has 6 heterocycles. The van der Waals surface area contributed by atoms with Crippen molar-refractivity contribution in [2.45, 2.75) is 71.9 Å². The summed E-state index contributed by atoms with van der Waals surface area (Å²) in [5.74, 6) is -0.121. The van der Waals surface area contributed by atoms with Crippen LogP contribution in [-0.4, -0.2) is 176 Å². The Morgan fingerprint density at radius 3 is 1.99 bits per heavy atom. The first-order valence-electron chi connectivity index (χ1n) is 26.5. The molecule has 24 heteroatoms. The van der Waals surface area contributed by atoms with Crippen LogP contribution >= 0.6 is 0 Å². The van der Waals surface area contributed by atoms with Crippen molar-refractivity contribution >= 4 is 68.8 Å². The van der Waals surface area contributed by atoms with E-state index in [1.807, 2.05) is 25.5 Å². The molecule has 1 aliphatic carbocycles. The smallest absolute Gasteiger partial charge is 0.289 e. The van der Waals surface area contributed by atoms with Gasteiger partial charge in [0.05, 0.1) is 120 Å². The van der Waals surface area contributed by atoms with Crippen molar-refractivity contribution in [2.75, 3.05) is 116 Å². The SMILES string of the molecule is CCn1nc(C2CC2)cc1Nc1nc(C(=O)NCCOCCOCCOCCOCCOCCOCCOCCNc2cccc3c2C(=O)N(C2CCC(=O)NC2=O)C3=O)nc2[nH]c3cc(-c4c(C)noc4C)c(C)cc3c12. The number of fused-ring (bicyclic) bond motifs is 4. The van der Waals surface area contributed by atoms with Crippen LogP contribution in [0.5, 0.6) is 0 Å². The van der Waals surface area contributed by atoms with Gasteiger partial charge in [-0.3, -0.25) is 34.2 Å². The molecule has 0 radical (unpaired) electrons. The number of amides is 5. The van der Waals surface area contributed by atoms with E-state index in [1.165, 1.54) is 0 Å². The highest BCUT2D eigenvalue weighted by molar-refractivity contribution is 6.25. The number of benzene rings is 2. The lowest BCUT2D eigenvalue weighted by molar-refractivity contribution is -0.136. The predicted molar refractivity (Wildman–Crippen MR) is 284 cm³/mol. The Kier molecular flexibility index (Phi) is 18.8. The number of nitrogens with zero attached hydrogens (tertiary/aromatic N) is 6. The minimum absolute atomic E-state index is 0.0120. The van der Waals surface area contributed by atoms with Gasteiger partial charge in [-0.15, -0.1) is 0 Å². The topological polar surface area (TPSA) is 287 Å². The number of anilines is 3. The van der Waals surface area contributed by atoms with E-state index < -0.39 is 35.6 Å². The maximum absolute atomic E-state index is 13.5. The molecule has 9 rings (SSSR count). The summed E-state index contributed by atoms with van der Waals surface area (Å²) in [5.41, 5.74) is 7.08. The Bertz CT molecular complexity index is 3090. The van der Waals surface area contributed by atoms with Gasteiger partial charge < -0.3 is 58.6 Å². The molecule has 2 fully saturated rings. The molecule has 1 saturated carbocycles. The van der Waals surface area contributed by atoms with Gasteiger partial charge in [-0.05, 0) is 82.3 Å². The number of nitrogens with one attached hydrogen (secondary N) is 5. The second kappa shape index (κ2) is 26.4. The number of carbonyl (C=O) groups excluding carboxylic acids is 5. The van der Waals surface area contributed by atoms with Gasteiger partial charge in [0.25, 0.3) is 17.7 Å². The van der Waals surface area contributed by atoms with E-state index in [1.54, 1.807) is 18.2 Å². The Morgan fingerprint density at radius 1 is 0.744 bits per heavy atom. The van der Waals surface area contributed by atoms with Gasteiger partial charge in [-0.25, -0.2) is 14.6 Å². The van der Waals surface area contributed by atoms with Crippen molar-refractivity contribution in [1.29, 1.82) is 0 Å². The molecule has 0 spiro atoms. The second-order valence-corrected chi connectivity index (χ2v) is 19.0. The van der Waals surface area contributed by atoms with Gasteiger partial charge in [0.15, 0.2) is 0 Å². The van der Waals surface area contributed by atoms with Crippen LogP contribution in [0.2, 0.25) is 0 Å². The first kappa shape index (κ1) is 55.6. The van der Waals surface area contributed by atoms with E-state index >= 15 is 0 Å². The molecule has 5 N–H and O–H groups in total. The molecule has 24 nitrogen and oxygen atoms in total. The highest BCUT2D eigenvalue weighted by Crippen LogP contribution is 2.42. The molecule has 3 aliphatic rings. The number of aromatic amines is 1. The summed E-state index contributed by atoms with van der Waals surface area (Å²) < 4.78 is 46.6. The predicted octanol–water partition coefficient (Wildman–Crippen LogP) is 4.89. The van der Waals surface area contributed by atoms with E-state index in [4.69, 9.17) is 52.7 Å². The number of aryl methyl sites for hydroxylation is 4. The van der Waals surface area contributed by atoms with Crippen molar-refractivity contribution in [2.24, 2.45) is 0 Å². The maximum atomic E-state index is 13.5. The first-order chi connectivity index (χ1) is 38.0. The summed E-state index contributed by atoms with van der Waals surface area (Å²) >= 11 is 0. The van der Waals surface area contributed by atoms with Crippen LogP contribution in [-0.2, 0) is 49.3 Å². The number of H-pyrrole nitrogens is 1. The Balaban J connectivity index is 0.589. The summed E-state index contributed by atoms with van der Waals surface area (Å²) in [4.78, 5) is 77.6. The number of rotatable bonds is 32. The summed E-state index contributed by atoms with van der Waals surface area (Å²) in [7, 11) is 0. The molecular weight excluding hydrogens is 1010 g/mol. The summed E-state index contributed by atoms with van der Waals surface area (Å²) in [6.07, 6.45) is 2.41. The number of hydrogen-bond acceptors (Lipinski definition) is 19. The fraction of sp³-hybridized carbons (Fsp3) is 0.500. The minimum Gasteiger partial charge on any atom is -0.382 e. The molecular formula is C54H67N11O13. The third-order valence-corrected chi connectivity index (χ3v) is 13.4. The van der Waals surface area contributed by atoms with Gasteiger partial charge in [-0.1, -0.05) is 11.2 Å². The van der Waals surface area contributed by atoms with Gasteiger partial charge >= 0.3 is 0 Å². The molecule has 1 unspecified atom stereocenters. The van der Waals surface area contributed by atoms with Crippen molar-refractivity contribution in [3.8, 4) is 11.1 Å². The molecule has 78 heavy (non-hydrogen) atoms. The van der Waals surface area contributed by atoms with Crippen LogP contribution in [0.25, 0.3) is 33.1 Å². The lowest BCUT2D eigenvalue weighted by atomic mass is 9.97. The van der Waals surface area contributed by atoms with Crippen LogP contribution in [0.3, 0.4) is 0 Å². The average molecular weight is 1080 g/mol. The van der Waals surface area contributed by atoms with Crippen LogP contribution in [0.1, 0.15) is 92.6 Å². The molecule has 2 aromatic carbocycles. The monoisotopic (exact) mass is 1080 g/mol. The minimum atomic E-state index is -1.02. The standard InChI is InChI=1S/C54H67N11O13/c1-5-64-43(31-40(62-64)35-9-10-35)58-49-47-38-29-32(2)37(45-33(3)63-78-34(45)4)30-41(38)57-48(47)60-50(61-49)52(68)56-14-16-72-18-20-74-22-24-76-26-28-77-27-25-75-23-21-73-19-17-71-15-13-55-39-8-6-7-36-46(39)54(70)65(53(36)69)42-11-12-44(66)59-51(42)67/h6-8,29-31,35,42,55H,5,9-28H2,1-4H3,(H,56,68)(H,59,66,67)(H2,57,58,60,61). The quantitative estimate of drug-likeness (QED) is 0.0278. The van der Waals surface area contributed by atoms with Crippen molar-refractivity contribution in [3.63, 3.8) is 0 Å². The van der Waals surface area contributed by atoms with Crippen LogP contribution in [0, 0.1) is 20.8 Å². The molecule has 416 valence electrons. The number of ether oxygens (including phenoxy) is 7. The van der Waals surface area contributed by atoms with Crippen molar-refractivity contribution in [1.82, 2.24) is 45.4 Å². The lowest BCUT2D eigenvalue weighted by Gasteiger charge is -2.27. The molecule has 6 aromatic rings. The summed E-state index contributed by atoms with van der Waals surface area (Å²) in [5, 5.41) is 22.4. The zero-order chi connectivity index (χ0) is 54.5. The molecule has 4 aromatic heterocycles. The fourth-order valence-electron chi connectivity index (χ4n) is 9.42. The second-order valence-electron chi connectivity index (χ2n) is 19.0. The molecule has 1 saturated heterocycles. The fourth-order valence-corrected chi connectivity index (χ4v) is 9.42. The molecule has 1 atom stereocenters. The van der Waals surface area contributed by atoms with E-state index in [9.17, 15) is 24.0 Å². The zero-order valence-electron chi connectivity index (χ0n) is 44.5. The average Bonchev–Trinajstić information content (AvgIpc) is 4.14. The van der Waals surface area contributed by atoms with E-state index in [2.05, 4.69) is 56.5 Å². The normalized spacial score (nSPS) is 15.5. The number of piperidine rings is 1. The highest BCUT2D eigenvalue weighted by Gasteiger charge is 2.45. The summed E-state index contributed by atoms with van der Waals surface area (Å²) in [6, 6.07) is 10.1. The Morgan fingerprint density at radius 2 is 1.38 bits per heavy atom. The van der Waals surface area contributed by atoms with Gasteiger partial charge in [0, 0.05) is 60.2 Å². The van der Waals surface area contributed by atoms with Gasteiger partial charge in [0.1, 0.15) is 29.1 Å². The molecule has 2 aliphatic heterocycles. The van der Waals surface area contributed by atoms with E-state index in [0.717, 1.165) is 73.7 Å². The number of imide groups is 2. The lowest BCUT2D eigenvalue weighted by Crippen LogP contribution is -2.54. The largest absolute Gasteiger partial charge is 0.382 e. The van der Waals surface area contributed by atoms with E-state index in [-0.39, 0.29) is 42.9 Å². The van der Waals surface area contributed by atoms with E-state index in [0.29, 0.717) is 122 Å². The third kappa shape index (κ3) is 13.4. The van der Waals surface area contributed by atoms with Crippen molar-refractivity contribution in [3.05, 3.63) is 76.1 Å². The number of aromatic nitrogens is 6. The third-order valence-electron chi connectivity index (χ3n) is 13.4. The summed E-state index contributed by atoms with van der Waals surface area (Å²) in [6.45, 7) is 14.5. The highest BCUT2D eigenvalue weighted by atomic mass is 16.6. The zero-order valence-corrected chi connectivity index (χ0v) is 44.5. The Labute approximate surface area is 449 Å². The van der Waals surface area contributed by atoms with Gasteiger partial charge in [-0.2, -0.15) is 5.10 Å². The Hall–Kier alpha value is -7.19. The van der Waals surface area contributed by atoms with Crippen molar-refractivity contribution < 1.29 is 61.7 Å². The van der Waals surface area contributed by atoms with Crippen LogP contribution < -0.4 is 21.3 Å². The number of carbonyl (C=O) groups is 5. The van der Waals surface area contributed by atoms with Gasteiger partial charge in [0.2, 0.25) is 17.6 Å². The number of hydrogen-bond donors (Lipinski definition) is 5. The van der Waals surface area contributed by atoms with Crippen LogP contribution in [0.4, 0.5) is 17.3 Å². The first-order valence-corrected chi connectivity index (χ1v) is 26.5.